The van der Waals surface area contributed by atoms with E-state index in [9.17, 15) is 4.79 Å². The second kappa shape index (κ2) is 7.17. The average Bonchev–Trinajstić information content (AvgIpc) is 2.32. The van der Waals surface area contributed by atoms with Crippen LogP contribution in [-0.4, -0.2) is 26.0 Å². The molecule has 1 rings (SSSR count). The highest BCUT2D eigenvalue weighted by Crippen LogP contribution is 2.11. The molecule has 0 bridgehead atoms. The number of aryl methyl sites for hydroxylation is 2. The molecule has 0 radical (unpaired) electrons. The van der Waals surface area contributed by atoms with Crippen LogP contribution in [0.15, 0.2) is 18.2 Å². The maximum atomic E-state index is 11.9. The van der Waals surface area contributed by atoms with Crippen LogP contribution in [0.3, 0.4) is 0 Å². The Bertz CT molecular complexity index is 401. The Morgan fingerprint density at radius 3 is 2.67 bits per heavy atom. The molecule has 3 nitrogen and oxygen atoms in total. The molecule has 0 aromatic heterocycles. The standard InChI is InChI=1S/C15H24N2O/c1-11-5-6-13(3)14(7-11)8-15(18)17-10-12(2)9-16-4/h5-7,12,16H,8-10H2,1-4H3,(H,17,18). The second-order valence-electron chi connectivity index (χ2n) is 5.07. The van der Waals surface area contributed by atoms with Gasteiger partial charge in [0, 0.05) is 6.54 Å². The summed E-state index contributed by atoms with van der Waals surface area (Å²) in [5.74, 6) is 0.559. The van der Waals surface area contributed by atoms with E-state index in [2.05, 4.69) is 42.7 Å². The van der Waals surface area contributed by atoms with Crippen molar-refractivity contribution in [2.75, 3.05) is 20.1 Å². The fourth-order valence-corrected chi connectivity index (χ4v) is 1.93. The summed E-state index contributed by atoms with van der Waals surface area (Å²) in [4.78, 5) is 11.9. The fraction of sp³-hybridized carbons (Fsp3) is 0.533. The maximum Gasteiger partial charge on any atom is 0.224 e. The highest BCUT2D eigenvalue weighted by atomic mass is 16.1. The van der Waals surface area contributed by atoms with E-state index < -0.39 is 0 Å². The third-order valence-electron chi connectivity index (χ3n) is 3.06. The van der Waals surface area contributed by atoms with Crippen LogP contribution in [0.4, 0.5) is 0 Å². The van der Waals surface area contributed by atoms with Crippen molar-refractivity contribution >= 4 is 5.91 Å². The van der Waals surface area contributed by atoms with E-state index in [0.29, 0.717) is 12.3 Å². The van der Waals surface area contributed by atoms with E-state index >= 15 is 0 Å². The first-order valence-corrected chi connectivity index (χ1v) is 6.50. The minimum Gasteiger partial charge on any atom is -0.355 e. The van der Waals surface area contributed by atoms with E-state index in [1.165, 1.54) is 11.1 Å². The van der Waals surface area contributed by atoms with Crippen LogP contribution in [-0.2, 0) is 11.2 Å². The van der Waals surface area contributed by atoms with Gasteiger partial charge in [-0.3, -0.25) is 4.79 Å². The lowest BCUT2D eigenvalue weighted by Gasteiger charge is -2.12. The lowest BCUT2D eigenvalue weighted by molar-refractivity contribution is -0.120. The van der Waals surface area contributed by atoms with E-state index in [0.717, 1.165) is 18.7 Å². The van der Waals surface area contributed by atoms with E-state index in [4.69, 9.17) is 0 Å². The van der Waals surface area contributed by atoms with Crippen molar-refractivity contribution < 1.29 is 4.79 Å². The summed E-state index contributed by atoms with van der Waals surface area (Å²) < 4.78 is 0. The molecule has 1 aromatic rings. The molecule has 1 unspecified atom stereocenters. The third-order valence-corrected chi connectivity index (χ3v) is 3.06. The largest absolute Gasteiger partial charge is 0.355 e. The Labute approximate surface area is 110 Å². The van der Waals surface area contributed by atoms with Gasteiger partial charge in [0.15, 0.2) is 0 Å². The molecule has 0 fully saturated rings. The topological polar surface area (TPSA) is 41.1 Å². The molecule has 1 atom stereocenters. The van der Waals surface area contributed by atoms with Gasteiger partial charge in [-0.05, 0) is 44.5 Å². The van der Waals surface area contributed by atoms with Gasteiger partial charge in [0.05, 0.1) is 6.42 Å². The molecule has 0 spiro atoms. The quantitative estimate of drug-likeness (QED) is 0.806. The Kier molecular flexibility index (Phi) is 5.86. The van der Waals surface area contributed by atoms with Gasteiger partial charge in [-0.25, -0.2) is 0 Å². The molecule has 0 aliphatic carbocycles. The van der Waals surface area contributed by atoms with Crippen molar-refractivity contribution in [3.8, 4) is 0 Å². The molecule has 2 N–H and O–H groups in total. The van der Waals surface area contributed by atoms with Crippen molar-refractivity contribution in [3.63, 3.8) is 0 Å². The maximum absolute atomic E-state index is 11.9. The molecule has 100 valence electrons. The molecule has 0 saturated heterocycles. The number of carbonyl (C=O) groups is 1. The first kappa shape index (κ1) is 14.7. The monoisotopic (exact) mass is 248 g/mol. The number of amides is 1. The predicted octanol–water partition coefficient (Wildman–Crippen LogP) is 1.82. The van der Waals surface area contributed by atoms with Crippen LogP contribution in [0.1, 0.15) is 23.6 Å². The first-order chi connectivity index (χ1) is 8.52. The highest BCUT2D eigenvalue weighted by Gasteiger charge is 2.07. The summed E-state index contributed by atoms with van der Waals surface area (Å²) in [7, 11) is 1.93. The summed E-state index contributed by atoms with van der Waals surface area (Å²) in [6, 6.07) is 6.24. The van der Waals surface area contributed by atoms with Crippen LogP contribution < -0.4 is 10.6 Å². The number of hydrogen-bond donors (Lipinski definition) is 2. The molecule has 0 heterocycles. The molecular weight excluding hydrogens is 224 g/mol. The van der Waals surface area contributed by atoms with Crippen LogP contribution >= 0.6 is 0 Å². The molecule has 1 aromatic carbocycles. The second-order valence-corrected chi connectivity index (χ2v) is 5.07. The zero-order valence-corrected chi connectivity index (χ0v) is 11.8. The van der Waals surface area contributed by atoms with Crippen LogP contribution in [0.25, 0.3) is 0 Å². The number of carbonyl (C=O) groups excluding carboxylic acids is 1. The summed E-state index contributed by atoms with van der Waals surface area (Å²) in [5, 5.41) is 6.09. The minimum absolute atomic E-state index is 0.103. The summed E-state index contributed by atoms with van der Waals surface area (Å²) in [6.07, 6.45) is 0.472. The zero-order valence-electron chi connectivity index (χ0n) is 11.8. The lowest BCUT2D eigenvalue weighted by atomic mass is 10.0. The highest BCUT2D eigenvalue weighted by molar-refractivity contribution is 5.78. The first-order valence-electron chi connectivity index (χ1n) is 6.50. The van der Waals surface area contributed by atoms with Crippen molar-refractivity contribution in [1.29, 1.82) is 0 Å². The predicted molar refractivity (Wildman–Crippen MR) is 75.7 cm³/mol. The molecule has 0 aliphatic heterocycles. The van der Waals surface area contributed by atoms with Crippen molar-refractivity contribution in [1.82, 2.24) is 10.6 Å². The van der Waals surface area contributed by atoms with Gasteiger partial charge < -0.3 is 10.6 Å². The Hall–Kier alpha value is -1.35. The summed E-state index contributed by atoms with van der Waals surface area (Å²) >= 11 is 0. The Morgan fingerprint density at radius 1 is 1.28 bits per heavy atom. The minimum atomic E-state index is 0.103. The average molecular weight is 248 g/mol. The van der Waals surface area contributed by atoms with Gasteiger partial charge in [0.25, 0.3) is 0 Å². The molecule has 1 amide bonds. The van der Waals surface area contributed by atoms with Crippen LogP contribution in [0.5, 0.6) is 0 Å². The van der Waals surface area contributed by atoms with Crippen molar-refractivity contribution in [2.24, 2.45) is 5.92 Å². The normalized spacial score (nSPS) is 12.2. The Balaban J connectivity index is 2.47. The van der Waals surface area contributed by atoms with E-state index in [1.807, 2.05) is 14.0 Å². The van der Waals surface area contributed by atoms with Crippen LogP contribution in [0, 0.1) is 19.8 Å². The van der Waals surface area contributed by atoms with Crippen molar-refractivity contribution in [2.45, 2.75) is 27.2 Å². The molecular formula is C15H24N2O. The number of nitrogens with one attached hydrogen (secondary N) is 2. The van der Waals surface area contributed by atoms with Crippen molar-refractivity contribution in [3.05, 3.63) is 34.9 Å². The Morgan fingerprint density at radius 2 is 2.00 bits per heavy atom. The van der Waals surface area contributed by atoms with Gasteiger partial charge in [-0.2, -0.15) is 0 Å². The van der Waals surface area contributed by atoms with Gasteiger partial charge >= 0.3 is 0 Å². The number of rotatable bonds is 6. The molecule has 18 heavy (non-hydrogen) atoms. The van der Waals surface area contributed by atoms with Crippen LogP contribution in [0.2, 0.25) is 0 Å². The van der Waals surface area contributed by atoms with E-state index in [1.54, 1.807) is 0 Å². The molecule has 0 aliphatic rings. The lowest BCUT2D eigenvalue weighted by Crippen LogP contribution is -2.33. The number of benzene rings is 1. The molecule has 3 heteroatoms. The SMILES string of the molecule is CNCC(C)CNC(=O)Cc1cc(C)ccc1C. The smallest absolute Gasteiger partial charge is 0.224 e. The van der Waals surface area contributed by atoms with E-state index in [-0.39, 0.29) is 5.91 Å². The third kappa shape index (κ3) is 4.88. The van der Waals surface area contributed by atoms with Gasteiger partial charge in [-0.1, -0.05) is 30.7 Å². The van der Waals surface area contributed by atoms with Gasteiger partial charge in [-0.15, -0.1) is 0 Å². The summed E-state index contributed by atoms with van der Waals surface area (Å²) in [6.45, 7) is 7.87. The fourth-order valence-electron chi connectivity index (χ4n) is 1.93. The molecule has 0 saturated carbocycles. The number of hydrogen-bond acceptors (Lipinski definition) is 2. The van der Waals surface area contributed by atoms with Gasteiger partial charge in [0.2, 0.25) is 5.91 Å². The zero-order chi connectivity index (χ0) is 13.5. The summed E-state index contributed by atoms with van der Waals surface area (Å²) in [5.41, 5.74) is 3.50. The van der Waals surface area contributed by atoms with Gasteiger partial charge in [0.1, 0.15) is 0 Å².